The summed E-state index contributed by atoms with van der Waals surface area (Å²) in [5.74, 6) is -0.811. The first-order valence-electron chi connectivity index (χ1n) is 4.50. The molecule has 16 heavy (non-hydrogen) atoms. The molecule has 0 aliphatic rings. The lowest BCUT2D eigenvalue weighted by molar-refractivity contribution is -0.137. The Balaban J connectivity index is 2.48. The highest BCUT2D eigenvalue weighted by Crippen LogP contribution is 2.20. The predicted octanol–water partition coefficient (Wildman–Crippen LogP) is 2.12. The number of benzene rings is 1. The van der Waals surface area contributed by atoms with Crippen molar-refractivity contribution in [2.45, 2.75) is 11.8 Å². The molecule has 0 aliphatic carbocycles. The normalized spacial score (nSPS) is 12.4. The first kappa shape index (κ1) is 13.3. The lowest BCUT2D eigenvalue weighted by Crippen LogP contribution is -2.32. The van der Waals surface area contributed by atoms with Gasteiger partial charge in [-0.2, -0.15) is 11.8 Å². The Morgan fingerprint density at radius 1 is 1.62 bits per heavy atom. The highest BCUT2D eigenvalue weighted by atomic mass is 35.5. The molecule has 3 N–H and O–H groups in total. The van der Waals surface area contributed by atoms with Crippen molar-refractivity contribution in [1.29, 1.82) is 0 Å². The molecule has 0 saturated heterocycles. The third-order valence-corrected chi connectivity index (χ3v) is 3.22. The zero-order chi connectivity index (χ0) is 12.1. The average molecular weight is 264 g/mol. The number of halogens is 2. The Kier molecular flexibility index (Phi) is 5.05. The van der Waals surface area contributed by atoms with Crippen molar-refractivity contribution in [2.75, 3.05) is 5.75 Å². The van der Waals surface area contributed by atoms with Crippen LogP contribution in [0.5, 0.6) is 0 Å². The number of carbonyl (C=O) groups is 1. The van der Waals surface area contributed by atoms with E-state index in [0.29, 0.717) is 16.3 Å². The predicted molar refractivity (Wildman–Crippen MR) is 63.2 cm³/mol. The summed E-state index contributed by atoms with van der Waals surface area (Å²) < 4.78 is 13.2. The van der Waals surface area contributed by atoms with E-state index in [1.807, 2.05) is 0 Å². The molecule has 1 aromatic carbocycles. The summed E-state index contributed by atoms with van der Waals surface area (Å²) in [6, 6.07) is 3.35. The number of hydrogen-bond donors (Lipinski definition) is 2. The van der Waals surface area contributed by atoms with Crippen LogP contribution in [0.4, 0.5) is 4.39 Å². The molecule has 0 heterocycles. The van der Waals surface area contributed by atoms with Gasteiger partial charge in [0.05, 0.1) is 0 Å². The zero-order valence-corrected chi connectivity index (χ0v) is 9.89. The number of hydrogen-bond acceptors (Lipinski definition) is 3. The van der Waals surface area contributed by atoms with Gasteiger partial charge in [-0.15, -0.1) is 0 Å². The van der Waals surface area contributed by atoms with Crippen LogP contribution in [-0.2, 0) is 10.5 Å². The molecule has 0 amide bonds. The Morgan fingerprint density at radius 3 is 2.94 bits per heavy atom. The second-order valence-corrected chi connectivity index (χ2v) is 4.66. The van der Waals surface area contributed by atoms with Gasteiger partial charge in [-0.25, -0.2) is 4.39 Å². The van der Waals surface area contributed by atoms with Gasteiger partial charge in [0.25, 0.3) is 0 Å². The van der Waals surface area contributed by atoms with Crippen molar-refractivity contribution in [3.05, 3.63) is 34.6 Å². The summed E-state index contributed by atoms with van der Waals surface area (Å²) in [5, 5.41) is 9.00. The number of carboxylic acid groups (broad SMARTS) is 1. The largest absolute Gasteiger partial charge is 0.480 e. The van der Waals surface area contributed by atoms with Crippen molar-refractivity contribution >= 4 is 29.3 Å². The molecule has 0 radical (unpaired) electrons. The fraction of sp³-hybridized carbons (Fsp3) is 0.300. The summed E-state index contributed by atoms with van der Waals surface area (Å²) in [6.07, 6.45) is 0. The van der Waals surface area contributed by atoms with Gasteiger partial charge >= 0.3 is 5.97 Å². The fourth-order valence-electron chi connectivity index (χ4n) is 1.02. The minimum Gasteiger partial charge on any atom is -0.480 e. The van der Waals surface area contributed by atoms with Gasteiger partial charge in [0.15, 0.2) is 0 Å². The summed E-state index contributed by atoms with van der Waals surface area (Å²) in [5.41, 5.74) is 5.76. The van der Waals surface area contributed by atoms with Crippen LogP contribution < -0.4 is 5.73 Å². The van der Waals surface area contributed by atoms with E-state index in [9.17, 15) is 9.18 Å². The second-order valence-electron chi connectivity index (χ2n) is 3.20. The second kappa shape index (κ2) is 6.08. The third kappa shape index (κ3) is 4.00. The number of aliphatic carboxylic acids is 1. The van der Waals surface area contributed by atoms with Gasteiger partial charge in [-0.3, -0.25) is 4.79 Å². The van der Waals surface area contributed by atoms with Crippen LogP contribution >= 0.6 is 23.4 Å². The van der Waals surface area contributed by atoms with Crippen molar-refractivity contribution in [1.82, 2.24) is 0 Å². The Hall–Kier alpha value is -0.780. The van der Waals surface area contributed by atoms with Crippen LogP contribution in [0.15, 0.2) is 18.2 Å². The average Bonchev–Trinajstić information content (AvgIpc) is 2.22. The topological polar surface area (TPSA) is 63.3 Å². The van der Waals surface area contributed by atoms with E-state index in [4.69, 9.17) is 22.4 Å². The van der Waals surface area contributed by atoms with Gasteiger partial charge < -0.3 is 10.8 Å². The summed E-state index contributed by atoms with van der Waals surface area (Å²) in [6.45, 7) is 0. The summed E-state index contributed by atoms with van der Waals surface area (Å²) in [7, 11) is 0. The summed E-state index contributed by atoms with van der Waals surface area (Å²) >= 11 is 6.98. The molecule has 1 aromatic rings. The molecule has 0 fully saturated rings. The molecule has 0 spiro atoms. The monoisotopic (exact) mass is 263 g/mol. The molecule has 0 saturated carbocycles. The van der Waals surface area contributed by atoms with Crippen LogP contribution in [0, 0.1) is 5.82 Å². The SMILES string of the molecule is NC(CSCc1cc(Cl)ccc1F)C(=O)O. The molecule has 0 aliphatic heterocycles. The smallest absolute Gasteiger partial charge is 0.321 e. The van der Waals surface area contributed by atoms with Crippen LogP contribution in [0.1, 0.15) is 5.56 Å². The Labute approximate surface area is 102 Å². The molecular formula is C10H11ClFNO2S. The van der Waals surface area contributed by atoms with Gasteiger partial charge in [-0.05, 0) is 23.8 Å². The van der Waals surface area contributed by atoms with Crippen LogP contribution in [-0.4, -0.2) is 22.9 Å². The van der Waals surface area contributed by atoms with Gasteiger partial charge in [0.2, 0.25) is 0 Å². The zero-order valence-electron chi connectivity index (χ0n) is 8.32. The van der Waals surface area contributed by atoms with Gasteiger partial charge in [-0.1, -0.05) is 11.6 Å². The van der Waals surface area contributed by atoms with E-state index in [1.165, 1.54) is 30.0 Å². The molecule has 0 bridgehead atoms. The molecule has 1 atom stereocenters. The van der Waals surface area contributed by atoms with Gasteiger partial charge in [0, 0.05) is 16.5 Å². The number of nitrogens with two attached hydrogens (primary N) is 1. The van der Waals surface area contributed by atoms with E-state index in [-0.39, 0.29) is 11.6 Å². The van der Waals surface area contributed by atoms with Gasteiger partial charge in [0.1, 0.15) is 11.9 Å². The molecule has 1 unspecified atom stereocenters. The highest BCUT2D eigenvalue weighted by molar-refractivity contribution is 7.98. The third-order valence-electron chi connectivity index (χ3n) is 1.88. The molecular weight excluding hydrogens is 253 g/mol. The lowest BCUT2D eigenvalue weighted by Gasteiger charge is -2.06. The fourth-order valence-corrected chi connectivity index (χ4v) is 2.17. The molecule has 6 heteroatoms. The number of rotatable bonds is 5. The quantitative estimate of drug-likeness (QED) is 0.854. The van der Waals surface area contributed by atoms with E-state index in [0.717, 1.165) is 0 Å². The summed E-state index contributed by atoms with van der Waals surface area (Å²) in [4.78, 5) is 10.4. The number of thioether (sulfide) groups is 1. The minimum absolute atomic E-state index is 0.237. The maximum atomic E-state index is 13.2. The van der Waals surface area contributed by atoms with E-state index in [2.05, 4.69) is 0 Å². The Bertz CT molecular complexity index is 389. The van der Waals surface area contributed by atoms with Crippen molar-refractivity contribution in [2.24, 2.45) is 5.73 Å². The van der Waals surface area contributed by atoms with Crippen LogP contribution in [0.3, 0.4) is 0 Å². The molecule has 0 aromatic heterocycles. The van der Waals surface area contributed by atoms with Crippen LogP contribution in [0.2, 0.25) is 5.02 Å². The standard InChI is InChI=1S/C10H11ClFNO2S/c11-7-1-2-8(12)6(3-7)4-16-5-9(13)10(14)15/h1-3,9H,4-5,13H2,(H,14,15). The highest BCUT2D eigenvalue weighted by Gasteiger charge is 2.11. The Morgan fingerprint density at radius 2 is 2.31 bits per heavy atom. The van der Waals surface area contributed by atoms with E-state index < -0.39 is 12.0 Å². The van der Waals surface area contributed by atoms with Crippen LogP contribution in [0.25, 0.3) is 0 Å². The minimum atomic E-state index is -1.06. The molecule has 88 valence electrons. The van der Waals surface area contributed by atoms with E-state index in [1.54, 1.807) is 0 Å². The first-order valence-corrected chi connectivity index (χ1v) is 6.04. The van der Waals surface area contributed by atoms with Crippen molar-refractivity contribution in [3.8, 4) is 0 Å². The molecule has 1 rings (SSSR count). The first-order chi connectivity index (χ1) is 7.50. The van der Waals surface area contributed by atoms with E-state index >= 15 is 0 Å². The maximum absolute atomic E-state index is 13.2. The van der Waals surface area contributed by atoms with Crippen molar-refractivity contribution in [3.63, 3.8) is 0 Å². The lowest BCUT2D eigenvalue weighted by atomic mass is 10.2. The van der Waals surface area contributed by atoms with Crippen molar-refractivity contribution < 1.29 is 14.3 Å². The maximum Gasteiger partial charge on any atom is 0.321 e. The molecule has 3 nitrogen and oxygen atoms in total. The number of carboxylic acids is 1.